The van der Waals surface area contributed by atoms with Crippen molar-refractivity contribution in [1.82, 2.24) is 15.5 Å². The lowest BCUT2D eigenvalue weighted by molar-refractivity contribution is -0.384. The van der Waals surface area contributed by atoms with E-state index in [9.17, 15) is 14.9 Å². The molecule has 0 aliphatic carbocycles. The van der Waals surface area contributed by atoms with Crippen LogP contribution in [0.2, 0.25) is 0 Å². The number of nitrogens with one attached hydrogen (secondary N) is 1. The highest BCUT2D eigenvalue weighted by Crippen LogP contribution is 2.22. The number of amides is 1. The Labute approximate surface area is 166 Å². The van der Waals surface area contributed by atoms with Gasteiger partial charge in [-0.05, 0) is 36.2 Å². The molecule has 0 saturated heterocycles. The summed E-state index contributed by atoms with van der Waals surface area (Å²) in [5.74, 6) is 0.211. The van der Waals surface area contributed by atoms with Crippen LogP contribution >= 0.6 is 11.8 Å². The van der Waals surface area contributed by atoms with E-state index in [1.165, 1.54) is 29.5 Å². The maximum Gasteiger partial charge on any atom is 0.269 e. The first-order valence-corrected chi connectivity index (χ1v) is 9.62. The first-order valence-electron chi connectivity index (χ1n) is 8.64. The Bertz CT molecular complexity index is 932. The van der Waals surface area contributed by atoms with E-state index in [-0.39, 0.29) is 17.3 Å². The summed E-state index contributed by atoms with van der Waals surface area (Å²) in [5.41, 5.74) is 2.57. The summed E-state index contributed by atoms with van der Waals surface area (Å²) < 4.78 is 0. The third-order valence-corrected chi connectivity index (χ3v) is 4.86. The minimum Gasteiger partial charge on any atom is -0.355 e. The SMILES string of the molecule is O=C(CSc1ccc(-c2ccc([N+](=O)[O-])cc2)nn1)NCCc1ccccc1. The van der Waals surface area contributed by atoms with Crippen molar-refractivity contribution in [2.24, 2.45) is 0 Å². The van der Waals surface area contributed by atoms with E-state index in [0.717, 1.165) is 12.0 Å². The highest BCUT2D eigenvalue weighted by atomic mass is 32.2. The van der Waals surface area contributed by atoms with Crippen molar-refractivity contribution in [3.8, 4) is 11.3 Å². The van der Waals surface area contributed by atoms with Gasteiger partial charge in [0.15, 0.2) is 0 Å². The molecular formula is C20H18N4O3S. The second-order valence-corrected chi connectivity index (χ2v) is 6.93. The van der Waals surface area contributed by atoms with Crippen LogP contribution in [-0.2, 0) is 11.2 Å². The molecule has 1 heterocycles. The quantitative estimate of drug-likeness (QED) is 0.357. The minimum absolute atomic E-state index is 0.0298. The molecule has 142 valence electrons. The zero-order chi connectivity index (χ0) is 19.8. The second kappa shape index (κ2) is 9.61. The van der Waals surface area contributed by atoms with Gasteiger partial charge >= 0.3 is 0 Å². The summed E-state index contributed by atoms with van der Waals surface area (Å²) >= 11 is 1.31. The number of non-ortho nitro benzene ring substituents is 1. The molecule has 0 unspecified atom stereocenters. The fourth-order valence-corrected chi connectivity index (χ4v) is 3.13. The van der Waals surface area contributed by atoms with Gasteiger partial charge < -0.3 is 5.32 Å². The van der Waals surface area contributed by atoms with Gasteiger partial charge in [-0.25, -0.2) is 0 Å². The van der Waals surface area contributed by atoms with Crippen LogP contribution in [0.4, 0.5) is 5.69 Å². The summed E-state index contributed by atoms with van der Waals surface area (Å²) in [7, 11) is 0. The molecule has 0 bridgehead atoms. The van der Waals surface area contributed by atoms with Gasteiger partial charge in [-0.15, -0.1) is 10.2 Å². The summed E-state index contributed by atoms with van der Waals surface area (Å²) in [5, 5.41) is 22.5. The molecule has 2 aromatic carbocycles. The van der Waals surface area contributed by atoms with Crippen molar-refractivity contribution < 1.29 is 9.72 Å². The minimum atomic E-state index is -0.444. The second-order valence-electron chi connectivity index (χ2n) is 5.94. The Morgan fingerprint density at radius 2 is 1.75 bits per heavy atom. The standard InChI is InChI=1S/C20H18N4O3S/c25-19(21-13-12-15-4-2-1-3-5-15)14-28-20-11-10-18(22-23-20)16-6-8-17(9-7-16)24(26)27/h1-11H,12-14H2,(H,21,25). The number of nitro benzene ring substituents is 1. The maximum absolute atomic E-state index is 11.9. The third kappa shape index (κ3) is 5.62. The van der Waals surface area contributed by atoms with Crippen LogP contribution in [0.15, 0.2) is 71.8 Å². The number of carbonyl (C=O) groups is 1. The number of nitrogens with zero attached hydrogens (tertiary/aromatic N) is 3. The normalized spacial score (nSPS) is 10.4. The molecule has 0 saturated carbocycles. The van der Waals surface area contributed by atoms with E-state index in [1.54, 1.807) is 24.3 Å². The lowest BCUT2D eigenvalue weighted by Crippen LogP contribution is -2.27. The van der Waals surface area contributed by atoms with E-state index >= 15 is 0 Å². The number of rotatable bonds is 8. The zero-order valence-electron chi connectivity index (χ0n) is 14.9. The van der Waals surface area contributed by atoms with Crippen LogP contribution in [0.25, 0.3) is 11.3 Å². The van der Waals surface area contributed by atoms with E-state index in [1.807, 2.05) is 30.3 Å². The van der Waals surface area contributed by atoms with Gasteiger partial charge in [0.25, 0.3) is 5.69 Å². The Hall–Kier alpha value is -3.26. The van der Waals surface area contributed by atoms with E-state index in [0.29, 0.717) is 17.3 Å². The van der Waals surface area contributed by atoms with E-state index in [4.69, 9.17) is 0 Å². The number of carbonyl (C=O) groups excluding carboxylic acids is 1. The molecule has 8 heteroatoms. The van der Waals surface area contributed by atoms with Gasteiger partial charge in [0.2, 0.25) is 5.91 Å². The highest BCUT2D eigenvalue weighted by molar-refractivity contribution is 7.99. The van der Waals surface area contributed by atoms with E-state index in [2.05, 4.69) is 15.5 Å². The molecule has 0 atom stereocenters. The summed E-state index contributed by atoms with van der Waals surface area (Å²) in [4.78, 5) is 22.2. The fourth-order valence-electron chi connectivity index (χ4n) is 2.49. The number of hydrogen-bond donors (Lipinski definition) is 1. The topological polar surface area (TPSA) is 98.0 Å². The van der Waals surface area contributed by atoms with Gasteiger partial charge in [-0.2, -0.15) is 0 Å². The van der Waals surface area contributed by atoms with Crippen molar-refractivity contribution >= 4 is 23.4 Å². The van der Waals surface area contributed by atoms with Gasteiger partial charge in [-0.1, -0.05) is 42.1 Å². The smallest absolute Gasteiger partial charge is 0.269 e. The Kier molecular flexibility index (Phi) is 6.69. The average Bonchev–Trinajstić information content (AvgIpc) is 2.73. The molecular weight excluding hydrogens is 376 g/mol. The monoisotopic (exact) mass is 394 g/mol. The van der Waals surface area contributed by atoms with Crippen molar-refractivity contribution in [2.75, 3.05) is 12.3 Å². The van der Waals surface area contributed by atoms with Gasteiger partial charge in [0.1, 0.15) is 5.03 Å². The zero-order valence-corrected chi connectivity index (χ0v) is 15.8. The van der Waals surface area contributed by atoms with Gasteiger partial charge in [0, 0.05) is 24.2 Å². The van der Waals surface area contributed by atoms with Crippen LogP contribution < -0.4 is 5.32 Å². The number of nitro groups is 1. The first-order chi connectivity index (χ1) is 13.6. The molecule has 1 aromatic heterocycles. The third-order valence-electron chi connectivity index (χ3n) is 3.94. The molecule has 28 heavy (non-hydrogen) atoms. The van der Waals surface area contributed by atoms with Crippen LogP contribution in [0.1, 0.15) is 5.56 Å². The van der Waals surface area contributed by atoms with Crippen molar-refractivity contribution in [2.45, 2.75) is 11.4 Å². The number of aromatic nitrogens is 2. The van der Waals surface area contributed by atoms with Crippen molar-refractivity contribution in [1.29, 1.82) is 0 Å². The molecule has 0 fully saturated rings. The van der Waals surface area contributed by atoms with Crippen LogP contribution in [0, 0.1) is 10.1 Å². The largest absolute Gasteiger partial charge is 0.355 e. The molecule has 0 radical (unpaired) electrons. The van der Waals surface area contributed by atoms with E-state index < -0.39 is 4.92 Å². The number of thioether (sulfide) groups is 1. The summed E-state index contributed by atoms with van der Waals surface area (Å²) in [6.07, 6.45) is 0.793. The molecule has 0 spiro atoms. The maximum atomic E-state index is 11.9. The Morgan fingerprint density at radius 3 is 2.39 bits per heavy atom. The lowest BCUT2D eigenvalue weighted by Gasteiger charge is -2.05. The van der Waals surface area contributed by atoms with Crippen molar-refractivity contribution in [3.05, 3.63) is 82.4 Å². The Balaban J connectivity index is 1.46. The summed E-state index contributed by atoms with van der Waals surface area (Å²) in [6, 6.07) is 19.7. The molecule has 3 aromatic rings. The predicted octanol–water partition coefficient (Wildman–Crippen LogP) is 3.50. The van der Waals surface area contributed by atoms with Crippen LogP contribution in [-0.4, -0.2) is 33.3 Å². The molecule has 3 rings (SSSR count). The molecule has 1 N–H and O–H groups in total. The number of benzene rings is 2. The highest BCUT2D eigenvalue weighted by Gasteiger charge is 2.08. The fraction of sp³-hybridized carbons (Fsp3) is 0.150. The Morgan fingerprint density at radius 1 is 1.00 bits per heavy atom. The average molecular weight is 394 g/mol. The predicted molar refractivity (Wildman–Crippen MR) is 108 cm³/mol. The van der Waals surface area contributed by atoms with Crippen LogP contribution in [0.5, 0.6) is 0 Å². The van der Waals surface area contributed by atoms with Gasteiger partial charge in [-0.3, -0.25) is 14.9 Å². The summed E-state index contributed by atoms with van der Waals surface area (Å²) in [6.45, 7) is 0.591. The molecule has 0 aliphatic rings. The first kappa shape index (κ1) is 19.5. The number of hydrogen-bond acceptors (Lipinski definition) is 6. The van der Waals surface area contributed by atoms with Crippen LogP contribution in [0.3, 0.4) is 0 Å². The van der Waals surface area contributed by atoms with Gasteiger partial charge in [0.05, 0.1) is 16.4 Å². The molecule has 7 nitrogen and oxygen atoms in total. The molecule has 0 aliphatic heterocycles. The van der Waals surface area contributed by atoms with Crippen molar-refractivity contribution in [3.63, 3.8) is 0 Å². The lowest BCUT2D eigenvalue weighted by atomic mass is 10.1. The molecule has 1 amide bonds.